The van der Waals surface area contributed by atoms with Gasteiger partial charge in [-0.2, -0.15) is 0 Å². The second-order valence-electron chi connectivity index (χ2n) is 6.00. The van der Waals surface area contributed by atoms with E-state index in [0.717, 1.165) is 24.6 Å². The molecule has 128 valence electrons. The number of methoxy groups -OCH3 is 1. The lowest BCUT2D eigenvalue weighted by atomic mass is 10.1. The predicted molar refractivity (Wildman–Crippen MR) is 92.8 cm³/mol. The lowest BCUT2D eigenvalue weighted by Gasteiger charge is -2.39. The SMILES string of the molecule is COCCn1ccnc1CN1CCN(c2ccccc2)C(=O)[C@@H]1C. The summed E-state index contributed by atoms with van der Waals surface area (Å²) in [6, 6.07) is 9.70. The van der Waals surface area contributed by atoms with E-state index in [2.05, 4.69) is 14.5 Å². The van der Waals surface area contributed by atoms with Crippen molar-refractivity contribution in [1.29, 1.82) is 0 Å². The van der Waals surface area contributed by atoms with Gasteiger partial charge in [0.25, 0.3) is 0 Å². The summed E-state index contributed by atoms with van der Waals surface area (Å²) in [5.74, 6) is 1.11. The molecule has 2 heterocycles. The van der Waals surface area contributed by atoms with Gasteiger partial charge in [-0.05, 0) is 19.1 Å². The van der Waals surface area contributed by atoms with Crippen molar-refractivity contribution in [2.75, 3.05) is 31.7 Å². The summed E-state index contributed by atoms with van der Waals surface area (Å²) in [5, 5.41) is 0. The molecule has 1 aliphatic rings. The highest BCUT2D eigenvalue weighted by molar-refractivity contribution is 5.97. The van der Waals surface area contributed by atoms with E-state index in [1.807, 2.05) is 48.4 Å². The minimum absolute atomic E-state index is 0.141. The molecule has 1 aromatic carbocycles. The topological polar surface area (TPSA) is 50.6 Å². The third-order valence-corrected chi connectivity index (χ3v) is 4.53. The second-order valence-corrected chi connectivity index (χ2v) is 6.00. The normalized spacial score (nSPS) is 19.0. The molecule has 0 spiro atoms. The van der Waals surface area contributed by atoms with Crippen LogP contribution in [-0.2, 0) is 22.6 Å². The Kier molecular flexibility index (Phi) is 5.27. The average molecular weight is 328 g/mol. The molecule has 6 heteroatoms. The highest BCUT2D eigenvalue weighted by atomic mass is 16.5. The van der Waals surface area contributed by atoms with E-state index in [-0.39, 0.29) is 11.9 Å². The van der Waals surface area contributed by atoms with Crippen LogP contribution in [0.3, 0.4) is 0 Å². The van der Waals surface area contributed by atoms with Crippen molar-refractivity contribution in [3.63, 3.8) is 0 Å². The Morgan fingerprint density at radius 2 is 2.04 bits per heavy atom. The summed E-state index contributed by atoms with van der Waals surface area (Å²) in [6.07, 6.45) is 3.76. The average Bonchev–Trinajstić information content (AvgIpc) is 3.05. The maximum Gasteiger partial charge on any atom is 0.244 e. The Hall–Kier alpha value is -2.18. The highest BCUT2D eigenvalue weighted by Gasteiger charge is 2.32. The minimum Gasteiger partial charge on any atom is -0.383 e. The zero-order valence-corrected chi connectivity index (χ0v) is 14.3. The molecule has 3 rings (SSSR count). The van der Waals surface area contributed by atoms with Crippen LogP contribution in [0.2, 0.25) is 0 Å². The van der Waals surface area contributed by atoms with Crippen molar-refractivity contribution >= 4 is 11.6 Å². The zero-order chi connectivity index (χ0) is 16.9. The quantitative estimate of drug-likeness (QED) is 0.811. The maximum atomic E-state index is 12.8. The zero-order valence-electron chi connectivity index (χ0n) is 14.3. The van der Waals surface area contributed by atoms with Crippen molar-refractivity contribution in [3.05, 3.63) is 48.5 Å². The standard InChI is InChI=1S/C18H24N4O2/c1-15-18(23)22(16-6-4-3-5-7-16)11-10-21(15)14-17-19-8-9-20(17)12-13-24-2/h3-9,15H,10-14H2,1-2H3/t15-/m0/s1. The van der Waals surface area contributed by atoms with Crippen molar-refractivity contribution in [2.45, 2.75) is 26.1 Å². The van der Waals surface area contributed by atoms with Gasteiger partial charge in [0.1, 0.15) is 5.82 Å². The van der Waals surface area contributed by atoms with Gasteiger partial charge >= 0.3 is 0 Å². The summed E-state index contributed by atoms with van der Waals surface area (Å²) >= 11 is 0. The van der Waals surface area contributed by atoms with Gasteiger partial charge in [-0.1, -0.05) is 18.2 Å². The van der Waals surface area contributed by atoms with E-state index < -0.39 is 0 Å². The van der Waals surface area contributed by atoms with E-state index in [1.165, 1.54) is 0 Å². The van der Waals surface area contributed by atoms with E-state index in [1.54, 1.807) is 13.3 Å². The van der Waals surface area contributed by atoms with Crippen LogP contribution in [0, 0.1) is 0 Å². The molecule has 1 aliphatic heterocycles. The number of piperazine rings is 1. The number of nitrogens with zero attached hydrogens (tertiary/aromatic N) is 4. The van der Waals surface area contributed by atoms with E-state index in [4.69, 9.17) is 4.74 Å². The summed E-state index contributed by atoms with van der Waals surface area (Å²) in [5.41, 5.74) is 0.968. The number of carbonyl (C=O) groups is 1. The van der Waals surface area contributed by atoms with E-state index >= 15 is 0 Å². The van der Waals surface area contributed by atoms with Crippen LogP contribution in [0.4, 0.5) is 5.69 Å². The number of hydrogen-bond donors (Lipinski definition) is 0. The van der Waals surface area contributed by atoms with Gasteiger partial charge in [0.15, 0.2) is 0 Å². The van der Waals surface area contributed by atoms with Crippen molar-refractivity contribution in [2.24, 2.45) is 0 Å². The van der Waals surface area contributed by atoms with Gasteiger partial charge in [-0.15, -0.1) is 0 Å². The first-order chi connectivity index (χ1) is 11.7. The number of amides is 1. The summed E-state index contributed by atoms with van der Waals surface area (Å²) in [7, 11) is 1.69. The number of carbonyl (C=O) groups excluding carboxylic acids is 1. The number of imidazole rings is 1. The van der Waals surface area contributed by atoms with Crippen LogP contribution in [0.1, 0.15) is 12.7 Å². The second kappa shape index (κ2) is 7.59. The van der Waals surface area contributed by atoms with Crippen LogP contribution >= 0.6 is 0 Å². The number of ether oxygens (including phenoxy) is 1. The molecule has 0 N–H and O–H groups in total. The highest BCUT2D eigenvalue weighted by Crippen LogP contribution is 2.21. The number of aromatic nitrogens is 2. The molecule has 1 saturated heterocycles. The Balaban J connectivity index is 1.67. The molecule has 0 unspecified atom stereocenters. The monoisotopic (exact) mass is 328 g/mol. The molecule has 1 fully saturated rings. The molecule has 6 nitrogen and oxygen atoms in total. The number of hydrogen-bond acceptors (Lipinski definition) is 4. The number of para-hydroxylation sites is 1. The Morgan fingerprint density at radius 1 is 1.25 bits per heavy atom. The number of benzene rings is 1. The molecule has 2 aromatic rings. The van der Waals surface area contributed by atoms with Crippen molar-refractivity contribution < 1.29 is 9.53 Å². The minimum atomic E-state index is -0.161. The first-order valence-corrected chi connectivity index (χ1v) is 8.30. The lowest BCUT2D eigenvalue weighted by Crippen LogP contribution is -2.55. The first-order valence-electron chi connectivity index (χ1n) is 8.30. The third kappa shape index (κ3) is 3.49. The van der Waals surface area contributed by atoms with Crippen LogP contribution in [-0.4, -0.2) is 53.2 Å². The smallest absolute Gasteiger partial charge is 0.244 e. The Bertz CT molecular complexity index is 671. The predicted octanol–water partition coefficient (Wildman–Crippen LogP) is 1.77. The van der Waals surface area contributed by atoms with Crippen LogP contribution in [0.5, 0.6) is 0 Å². The molecule has 1 atom stereocenters. The van der Waals surface area contributed by atoms with Crippen molar-refractivity contribution in [3.8, 4) is 0 Å². The van der Waals surface area contributed by atoms with Gasteiger partial charge in [0.2, 0.25) is 5.91 Å². The summed E-state index contributed by atoms with van der Waals surface area (Å²) in [6.45, 7) is 5.61. The van der Waals surface area contributed by atoms with Crippen LogP contribution in [0.25, 0.3) is 0 Å². The molecular formula is C18H24N4O2. The van der Waals surface area contributed by atoms with Crippen LogP contribution in [0.15, 0.2) is 42.7 Å². The fourth-order valence-corrected chi connectivity index (χ4v) is 3.06. The fourth-order valence-electron chi connectivity index (χ4n) is 3.06. The molecule has 24 heavy (non-hydrogen) atoms. The molecule has 1 amide bonds. The van der Waals surface area contributed by atoms with E-state index in [0.29, 0.717) is 19.7 Å². The van der Waals surface area contributed by atoms with E-state index in [9.17, 15) is 4.79 Å². The number of anilines is 1. The lowest BCUT2D eigenvalue weighted by molar-refractivity contribution is -0.125. The molecule has 1 aromatic heterocycles. The molecular weight excluding hydrogens is 304 g/mol. The largest absolute Gasteiger partial charge is 0.383 e. The Morgan fingerprint density at radius 3 is 2.79 bits per heavy atom. The molecule has 0 bridgehead atoms. The van der Waals surface area contributed by atoms with Gasteiger partial charge in [-0.25, -0.2) is 4.98 Å². The fraction of sp³-hybridized carbons (Fsp3) is 0.444. The van der Waals surface area contributed by atoms with Crippen LogP contribution < -0.4 is 4.90 Å². The van der Waals surface area contributed by atoms with Gasteiger partial charge < -0.3 is 14.2 Å². The summed E-state index contributed by atoms with van der Waals surface area (Å²) < 4.78 is 7.23. The molecule has 0 radical (unpaired) electrons. The van der Waals surface area contributed by atoms with Gasteiger partial charge in [0.05, 0.1) is 19.2 Å². The maximum absolute atomic E-state index is 12.8. The number of rotatable bonds is 6. The Labute approximate surface area is 142 Å². The van der Waals surface area contributed by atoms with Crippen molar-refractivity contribution in [1.82, 2.24) is 14.5 Å². The first kappa shape index (κ1) is 16.7. The van der Waals surface area contributed by atoms with Gasteiger partial charge in [-0.3, -0.25) is 9.69 Å². The van der Waals surface area contributed by atoms with Gasteiger partial charge in [0, 0.05) is 44.8 Å². The molecule has 0 saturated carbocycles. The third-order valence-electron chi connectivity index (χ3n) is 4.53. The molecule has 0 aliphatic carbocycles. The summed E-state index contributed by atoms with van der Waals surface area (Å²) in [4.78, 5) is 21.3.